The van der Waals surface area contributed by atoms with Gasteiger partial charge in [-0.05, 0) is 179 Å². The highest BCUT2D eigenvalue weighted by Crippen LogP contribution is 2.26. The van der Waals surface area contributed by atoms with E-state index in [1.54, 1.807) is 48.5 Å². The van der Waals surface area contributed by atoms with E-state index in [1.807, 2.05) is 67.5 Å². The van der Waals surface area contributed by atoms with Gasteiger partial charge in [0.15, 0.2) is 0 Å². The van der Waals surface area contributed by atoms with E-state index in [-0.39, 0.29) is 34.8 Å². The zero-order valence-corrected chi connectivity index (χ0v) is 45.7. The molecule has 0 radical (unpaired) electrons. The molecule has 0 N–H and O–H groups in total. The largest absolute Gasteiger partial charge is 0.494 e. The van der Waals surface area contributed by atoms with E-state index in [2.05, 4.69) is 23.4 Å². The first-order chi connectivity index (χ1) is 38.5. The van der Waals surface area contributed by atoms with Crippen LogP contribution in [0.25, 0.3) is 0 Å². The molecule has 0 fully saturated rings. The Kier molecular flexibility index (Phi) is 28.0. The Balaban J connectivity index is 1.04. The summed E-state index contributed by atoms with van der Waals surface area (Å²) >= 11 is 0. The maximum absolute atomic E-state index is 13.7. The molecular formula is C63H75N3O13. The number of benzene rings is 5. The number of carbonyl (C=O) groups excluding carboxylic acids is 5. The molecule has 16 heteroatoms. The first kappa shape index (κ1) is 61.6. The lowest BCUT2D eigenvalue weighted by atomic mass is 10.0. The monoisotopic (exact) mass is 1080 g/mol. The fraction of sp³-hybridized carbons (Fsp3) is 0.381. The number of nitrogens with zero attached hydrogens (tertiary/aromatic N) is 3. The van der Waals surface area contributed by atoms with Gasteiger partial charge in [-0.25, -0.2) is 24.0 Å². The van der Waals surface area contributed by atoms with Crippen LogP contribution in [-0.4, -0.2) is 83.6 Å². The van der Waals surface area contributed by atoms with Gasteiger partial charge in [-0.3, -0.25) is 0 Å². The molecule has 5 aromatic rings. The lowest BCUT2D eigenvalue weighted by Crippen LogP contribution is -2.18. The van der Waals surface area contributed by atoms with Crippen LogP contribution in [0.15, 0.2) is 151 Å². The summed E-state index contributed by atoms with van der Waals surface area (Å²) in [7, 11) is 3.99. The Morgan fingerprint density at radius 2 is 0.747 bits per heavy atom. The minimum absolute atomic E-state index is 0.0307. The fourth-order valence-electron chi connectivity index (χ4n) is 7.75. The van der Waals surface area contributed by atoms with Crippen molar-refractivity contribution in [2.45, 2.75) is 103 Å². The van der Waals surface area contributed by atoms with Gasteiger partial charge in [0.2, 0.25) is 0 Å². The molecule has 420 valence electrons. The average Bonchev–Trinajstić information content (AvgIpc) is 3.49. The summed E-state index contributed by atoms with van der Waals surface area (Å²) in [5.41, 5.74) is 2.46. The molecule has 5 aromatic carbocycles. The maximum atomic E-state index is 13.7. The molecule has 0 saturated heterocycles. The van der Waals surface area contributed by atoms with Gasteiger partial charge in [-0.1, -0.05) is 51.7 Å². The van der Waals surface area contributed by atoms with Crippen molar-refractivity contribution in [1.29, 1.82) is 0 Å². The summed E-state index contributed by atoms with van der Waals surface area (Å²) in [5.74, 6) is -0.717. The molecule has 0 aromatic heterocycles. The summed E-state index contributed by atoms with van der Waals surface area (Å²) < 4.78 is 44.6. The third kappa shape index (κ3) is 24.3. The van der Waals surface area contributed by atoms with E-state index in [1.165, 1.54) is 18.2 Å². The SMILES string of the molecule is C=CC(=O)OCCCCCCOc1ccc(OC(=O)c2ccc(C(=O)Oc3ccc(OCCCCCCOC(=O)C=C)cc3)c(C(=O)OCCCCCCCCCCOc3ccc(N=Nc4ccc(N(C)C)cc4)cc3)c2)cc1. The zero-order valence-electron chi connectivity index (χ0n) is 45.7. The zero-order chi connectivity index (χ0) is 56.3. The highest BCUT2D eigenvalue weighted by molar-refractivity contribution is 6.06. The second-order valence-electron chi connectivity index (χ2n) is 18.7. The number of unbranched alkanes of at least 4 members (excludes halogenated alkanes) is 13. The van der Waals surface area contributed by atoms with Gasteiger partial charge in [0.1, 0.15) is 28.7 Å². The van der Waals surface area contributed by atoms with Crippen molar-refractivity contribution in [3.05, 3.63) is 157 Å². The summed E-state index contributed by atoms with van der Waals surface area (Å²) in [4.78, 5) is 65.1. The molecule has 0 saturated carbocycles. The lowest BCUT2D eigenvalue weighted by Gasteiger charge is -2.12. The molecule has 5 rings (SSSR count). The van der Waals surface area contributed by atoms with Crippen molar-refractivity contribution in [2.75, 3.05) is 58.6 Å². The second kappa shape index (κ2) is 35.9. The molecule has 0 aliphatic heterocycles. The standard InChI is InChI=1S/C63H75N3O13/c1-5-59(67)75-44-20-15-13-18-42-73-53-32-36-55(37-33-53)78-61(69)48-23-40-57(63(71)79-56-38-34-54(35-39-56)74-43-19-14-16-21-45-76-60(68)6-2)58(47-48)62(70)77-46-22-12-10-8-7-9-11-17-41-72-52-30-26-50(27-31-52)65-64-49-24-28-51(29-25-49)66(3)4/h5-6,23-40,47H,1-2,7-22,41-46H2,3-4H3. The summed E-state index contributed by atoms with van der Waals surface area (Å²) in [6, 6.07) is 32.7. The Morgan fingerprint density at radius 3 is 1.16 bits per heavy atom. The van der Waals surface area contributed by atoms with E-state index in [4.69, 9.17) is 37.9 Å². The maximum Gasteiger partial charge on any atom is 0.344 e. The molecule has 0 spiro atoms. The molecule has 0 aliphatic carbocycles. The number of esters is 5. The van der Waals surface area contributed by atoms with Crippen LogP contribution in [0.3, 0.4) is 0 Å². The summed E-state index contributed by atoms with van der Waals surface area (Å²) in [6.07, 6.45) is 16.7. The van der Waals surface area contributed by atoms with Gasteiger partial charge in [-0.15, -0.1) is 0 Å². The van der Waals surface area contributed by atoms with Gasteiger partial charge in [0.05, 0.1) is 67.7 Å². The predicted molar refractivity (Wildman–Crippen MR) is 304 cm³/mol. The molecular weight excluding hydrogens is 1010 g/mol. The van der Waals surface area contributed by atoms with Crippen LogP contribution >= 0.6 is 0 Å². The molecule has 0 atom stereocenters. The fourth-order valence-corrected chi connectivity index (χ4v) is 7.75. The van der Waals surface area contributed by atoms with E-state index >= 15 is 0 Å². The smallest absolute Gasteiger partial charge is 0.344 e. The van der Waals surface area contributed by atoms with Crippen LogP contribution < -0.4 is 28.6 Å². The molecule has 0 amide bonds. The molecule has 79 heavy (non-hydrogen) atoms. The lowest BCUT2D eigenvalue weighted by molar-refractivity contribution is -0.138. The third-order valence-electron chi connectivity index (χ3n) is 12.2. The molecule has 0 bridgehead atoms. The number of hydrogen-bond donors (Lipinski definition) is 0. The quantitative estimate of drug-likeness (QED) is 0.00907. The van der Waals surface area contributed by atoms with Gasteiger partial charge in [0.25, 0.3) is 0 Å². The van der Waals surface area contributed by atoms with Crippen molar-refractivity contribution in [3.8, 4) is 28.7 Å². The number of hydrogen-bond acceptors (Lipinski definition) is 16. The van der Waals surface area contributed by atoms with Crippen LogP contribution in [-0.2, 0) is 23.8 Å². The number of rotatable bonds is 38. The van der Waals surface area contributed by atoms with Crippen LogP contribution in [0.2, 0.25) is 0 Å². The van der Waals surface area contributed by atoms with E-state index in [9.17, 15) is 24.0 Å². The first-order valence-corrected chi connectivity index (χ1v) is 27.2. The van der Waals surface area contributed by atoms with Crippen LogP contribution in [0.5, 0.6) is 28.7 Å². The van der Waals surface area contributed by atoms with Crippen LogP contribution in [0.1, 0.15) is 134 Å². The van der Waals surface area contributed by atoms with Crippen molar-refractivity contribution >= 4 is 46.9 Å². The molecule has 0 unspecified atom stereocenters. The van der Waals surface area contributed by atoms with Crippen molar-refractivity contribution in [3.63, 3.8) is 0 Å². The van der Waals surface area contributed by atoms with Gasteiger partial charge in [0, 0.05) is 31.9 Å². The number of carbonyl (C=O) groups is 5. The minimum Gasteiger partial charge on any atom is -0.494 e. The number of anilines is 1. The summed E-state index contributed by atoms with van der Waals surface area (Å²) in [5, 5.41) is 8.66. The molecule has 16 nitrogen and oxygen atoms in total. The van der Waals surface area contributed by atoms with Crippen molar-refractivity contribution < 1.29 is 61.9 Å². The Labute approximate surface area is 464 Å². The first-order valence-electron chi connectivity index (χ1n) is 27.2. The predicted octanol–water partition coefficient (Wildman–Crippen LogP) is 14.3. The second-order valence-corrected chi connectivity index (χ2v) is 18.7. The Bertz CT molecular complexity index is 2690. The number of azo groups is 1. The van der Waals surface area contributed by atoms with Gasteiger partial charge in [-0.2, -0.15) is 10.2 Å². The van der Waals surface area contributed by atoms with E-state index in [0.29, 0.717) is 51.0 Å². The topological polar surface area (TPSA) is 187 Å². The molecule has 0 aliphatic rings. The Morgan fingerprint density at radius 1 is 0.392 bits per heavy atom. The normalized spacial score (nSPS) is 10.8. The van der Waals surface area contributed by atoms with Gasteiger partial charge >= 0.3 is 29.8 Å². The third-order valence-corrected chi connectivity index (χ3v) is 12.2. The van der Waals surface area contributed by atoms with Crippen molar-refractivity contribution in [1.82, 2.24) is 0 Å². The van der Waals surface area contributed by atoms with E-state index < -0.39 is 29.8 Å². The highest BCUT2D eigenvalue weighted by Gasteiger charge is 2.23. The Hall–Kier alpha value is -8.27. The van der Waals surface area contributed by atoms with E-state index in [0.717, 1.165) is 131 Å². The minimum atomic E-state index is -0.814. The number of ether oxygens (including phenoxy) is 8. The molecule has 0 heterocycles. The average molecular weight is 1080 g/mol. The van der Waals surface area contributed by atoms with Crippen LogP contribution in [0, 0.1) is 0 Å². The highest BCUT2D eigenvalue weighted by atomic mass is 16.6. The van der Waals surface area contributed by atoms with Gasteiger partial charge < -0.3 is 42.8 Å². The van der Waals surface area contributed by atoms with Crippen LogP contribution in [0.4, 0.5) is 17.1 Å². The summed E-state index contributed by atoms with van der Waals surface area (Å²) in [6.45, 7) is 9.20. The van der Waals surface area contributed by atoms with Crippen molar-refractivity contribution in [2.24, 2.45) is 10.2 Å².